The number of aryl methyl sites for hydroxylation is 1. The van der Waals surface area contributed by atoms with Crippen LogP contribution in [0.1, 0.15) is 31.9 Å². The molecule has 1 aromatic heterocycles. The summed E-state index contributed by atoms with van der Waals surface area (Å²) in [5.74, 6) is 2.32. The highest BCUT2D eigenvalue weighted by Crippen LogP contribution is 2.18. The molecule has 0 aromatic carbocycles. The second-order valence-corrected chi connectivity index (χ2v) is 6.11. The van der Waals surface area contributed by atoms with Gasteiger partial charge in [-0.05, 0) is 12.3 Å². The number of nitrogens with zero attached hydrogens (tertiary/aromatic N) is 4. The Bertz CT molecular complexity index is 443. The lowest BCUT2D eigenvalue weighted by atomic mass is 10.1. The number of hydrogen-bond acceptors (Lipinski definition) is 3. The topological polar surface area (TPSA) is 51.0 Å². The molecule has 0 radical (unpaired) electrons. The van der Waals surface area contributed by atoms with E-state index in [1.165, 1.54) is 0 Å². The molecule has 1 aromatic rings. The zero-order chi connectivity index (χ0) is 13.3. The molecule has 1 amide bonds. The van der Waals surface area contributed by atoms with Crippen LogP contribution in [0.4, 0.5) is 0 Å². The van der Waals surface area contributed by atoms with E-state index in [9.17, 15) is 4.79 Å². The SMILES string of the molecule is CC(C)C(Br)C(=O)N(C)Cc1nnc2n1CCC2. The van der Waals surface area contributed by atoms with E-state index in [0.29, 0.717) is 6.54 Å². The molecule has 0 N–H and O–H groups in total. The first-order valence-electron chi connectivity index (χ1n) is 6.30. The summed E-state index contributed by atoms with van der Waals surface area (Å²) in [7, 11) is 1.82. The van der Waals surface area contributed by atoms with Gasteiger partial charge in [-0.15, -0.1) is 10.2 Å². The van der Waals surface area contributed by atoms with Crippen LogP contribution in [0.5, 0.6) is 0 Å². The van der Waals surface area contributed by atoms with Crippen molar-refractivity contribution in [1.29, 1.82) is 0 Å². The largest absolute Gasteiger partial charge is 0.337 e. The average molecular weight is 315 g/mol. The molecule has 5 nitrogen and oxygen atoms in total. The fourth-order valence-electron chi connectivity index (χ4n) is 2.11. The first kappa shape index (κ1) is 13.5. The average Bonchev–Trinajstić information content (AvgIpc) is 2.91. The molecule has 0 bridgehead atoms. The molecular weight excluding hydrogens is 296 g/mol. The lowest BCUT2D eigenvalue weighted by Crippen LogP contribution is -2.36. The molecule has 1 aliphatic heterocycles. The Balaban J connectivity index is 2.03. The van der Waals surface area contributed by atoms with Crippen LogP contribution in [-0.4, -0.2) is 37.4 Å². The van der Waals surface area contributed by atoms with Gasteiger partial charge in [-0.1, -0.05) is 29.8 Å². The van der Waals surface area contributed by atoms with Crippen molar-refractivity contribution in [3.63, 3.8) is 0 Å². The molecule has 1 atom stereocenters. The maximum absolute atomic E-state index is 12.1. The normalized spacial score (nSPS) is 15.8. The van der Waals surface area contributed by atoms with Gasteiger partial charge >= 0.3 is 0 Å². The van der Waals surface area contributed by atoms with Crippen LogP contribution < -0.4 is 0 Å². The minimum Gasteiger partial charge on any atom is -0.337 e. The predicted molar refractivity (Wildman–Crippen MR) is 72.4 cm³/mol. The van der Waals surface area contributed by atoms with E-state index in [0.717, 1.165) is 31.0 Å². The van der Waals surface area contributed by atoms with Crippen molar-refractivity contribution in [1.82, 2.24) is 19.7 Å². The number of fused-ring (bicyclic) bond motifs is 1. The van der Waals surface area contributed by atoms with Gasteiger partial charge in [0.1, 0.15) is 5.82 Å². The predicted octanol–water partition coefficient (Wildman–Crippen LogP) is 1.60. The van der Waals surface area contributed by atoms with Crippen LogP contribution in [0.25, 0.3) is 0 Å². The summed E-state index contributed by atoms with van der Waals surface area (Å²) in [6.45, 7) is 5.56. The van der Waals surface area contributed by atoms with Gasteiger partial charge in [0, 0.05) is 20.0 Å². The Morgan fingerprint density at radius 2 is 2.22 bits per heavy atom. The second kappa shape index (κ2) is 5.38. The van der Waals surface area contributed by atoms with Crippen molar-refractivity contribution in [3.05, 3.63) is 11.6 Å². The van der Waals surface area contributed by atoms with Crippen LogP contribution in [0.15, 0.2) is 0 Å². The van der Waals surface area contributed by atoms with Crippen LogP contribution in [-0.2, 0) is 24.3 Å². The van der Waals surface area contributed by atoms with Crippen molar-refractivity contribution >= 4 is 21.8 Å². The third-order valence-corrected chi connectivity index (χ3v) is 4.71. The number of carbonyl (C=O) groups is 1. The van der Waals surface area contributed by atoms with E-state index in [4.69, 9.17) is 0 Å². The highest BCUT2D eigenvalue weighted by atomic mass is 79.9. The Kier molecular flexibility index (Phi) is 4.04. The van der Waals surface area contributed by atoms with E-state index in [1.807, 2.05) is 20.9 Å². The molecule has 0 fully saturated rings. The summed E-state index contributed by atoms with van der Waals surface area (Å²) < 4.78 is 2.13. The van der Waals surface area contributed by atoms with Crippen LogP contribution >= 0.6 is 15.9 Å². The highest BCUT2D eigenvalue weighted by molar-refractivity contribution is 9.10. The fourth-order valence-corrected chi connectivity index (χ4v) is 2.46. The molecule has 18 heavy (non-hydrogen) atoms. The molecular formula is C12H19BrN4O. The summed E-state index contributed by atoms with van der Waals surface area (Å²) in [6, 6.07) is 0. The Morgan fingerprint density at radius 1 is 1.50 bits per heavy atom. The second-order valence-electron chi connectivity index (χ2n) is 5.13. The number of carbonyl (C=O) groups excluding carboxylic acids is 1. The molecule has 2 heterocycles. The maximum atomic E-state index is 12.1. The van der Waals surface area contributed by atoms with Gasteiger partial charge in [0.2, 0.25) is 5.91 Å². The molecule has 6 heteroatoms. The minimum atomic E-state index is -0.136. The summed E-state index contributed by atoms with van der Waals surface area (Å²) in [5.41, 5.74) is 0. The summed E-state index contributed by atoms with van der Waals surface area (Å²) in [5, 5.41) is 8.32. The summed E-state index contributed by atoms with van der Waals surface area (Å²) in [4.78, 5) is 13.7. The first-order valence-corrected chi connectivity index (χ1v) is 7.22. The smallest absolute Gasteiger partial charge is 0.236 e. The number of halogens is 1. The number of rotatable bonds is 4. The van der Waals surface area contributed by atoms with Gasteiger partial charge in [-0.2, -0.15) is 0 Å². The quantitative estimate of drug-likeness (QED) is 0.793. The lowest BCUT2D eigenvalue weighted by Gasteiger charge is -2.22. The molecule has 100 valence electrons. The number of hydrogen-bond donors (Lipinski definition) is 0. The van der Waals surface area contributed by atoms with E-state index in [1.54, 1.807) is 4.90 Å². The molecule has 0 saturated heterocycles. The number of amides is 1. The standard InChI is InChI=1S/C12H19BrN4O/c1-8(2)11(13)12(18)16(3)7-10-15-14-9-5-4-6-17(9)10/h8,11H,4-7H2,1-3H3. The lowest BCUT2D eigenvalue weighted by molar-refractivity contribution is -0.130. The van der Waals surface area contributed by atoms with Crippen LogP contribution in [0.3, 0.4) is 0 Å². The molecule has 0 saturated carbocycles. The van der Waals surface area contributed by atoms with Gasteiger partial charge < -0.3 is 9.47 Å². The van der Waals surface area contributed by atoms with E-state index in [-0.39, 0.29) is 16.7 Å². The zero-order valence-corrected chi connectivity index (χ0v) is 12.6. The maximum Gasteiger partial charge on any atom is 0.236 e. The van der Waals surface area contributed by atoms with E-state index in [2.05, 4.69) is 30.7 Å². The molecule has 2 rings (SSSR count). The Hall–Kier alpha value is -0.910. The summed E-state index contributed by atoms with van der Waals surface area (Å²) in [6.07, 6.45) is 2.13. The van der Waals surface area contributed by atoms with E-state index < -0.39 is 0 Å². The van der Waals surface area contributed by atoms with Gasteiger partial charge in [0.15, 0.2) is 5.82 Å². The van der Waals surface area contributed by atoms with Crippen molar-refractivity contribution in [2.45, 2.75) is 44.6 Å². The van der Waals surface area contributed by atoms with Crippen molar-refractivity contribution in [2.75, 3.05) is 7.05 Å². The zero-order valence-electron chi connectivity index (χ0n) is 11.1. The number of aromatic nitrogens is 3. The van der Waals surface area contributed by atoms with Gasteiger partial charge in [-0.25, -0.2) is 0 Å². The summed E-state index contributed by atoms with van der Waals surface area (Å²) >= 11 is 3.44. The van der Waals surface area contributed by atoms with Crippen LogP contribution in [0.2, 0.25) is 0 Å². The minimum absolute atomic E-state index is 0.0975. The van der Waals surface area contributed by atoms with Crippen LogP contribution in [0, 0.1) is 5.92 Å². The molecule has 1 unspecified atom stereocenters. The molecule has 0 aliphatic carbocycles. The third kappa shape index (κ3) is 2.58. The Morgan fingerprint density at radius 3 is 2.89 bits per heavy atom. The van der Waals surface area contributed by atoms with Crippen molar-refractivity contribution < 1.29 is 4.79 Å². The monoisotopic (exact) mass is 314 g/mol. The molecule has 1 aliphatic rings. The van der Waals surface area contributed by atoms with Gasteiger partial charge in [-0.3, -0.25) is 4.79 Å². The van der Waals surface area contributed by atoms with Crippen molar-refractivity contribution in [2.24, 2.45) is 5.92 Å². The van der Waals surface area contributed by atoms with Crippen molar-refractivity contribution in [3.8, 4) is 0 Å². The molecule has 0 spiro atoms. The van der Waals surface area contributed by atoms with Gasteiger partial charge in [0.25, 0.3) is 0 Å². The third-order valence-electron chi connectivity index (χ3n) is 3.26. The number of alkyl halides is 1. The first-order chi connectivity index (χ1) is 8.50. The Labute approximate surface area is 116 Å². The van der Waals surface area contributed by atoms with E-state index >= 15 is 0 Å². The highest BCUT2D eigenvalue weighted by Gasteiger charge is 2.24. The van der Waals surface area contributed by atoms with Gasteiger partial charge in [0.05, 0.1) is 11.4 Å². The fraction of sp³-hybridized carbons (Fsp3) is 0.750.